The van der Waals surface area contributed by atoms with E-state index in [9.17, 15) is 18.5 Å². The van der Waals surface area contributed by atoms with Crippen molar-refractivity contribution in [1.82, 2.24) is 14.1 Å². The normalized spacial score (nSPS) is 23.8. The molecular formula is C22H37N5O4S. The van der Waals surface area contributed by atoms with Gasteiger partial charge >= 0.3 is 0 Å². The Labute approximate surface area is 192 Å². The molecule has 1 aromatic carbocycles. The molecule has 2 aliphatic rings. The summed E-state index contributed by atoms with van der Waals surface area (Å²) < 4.78 is 27.7. The highest BCUT2D eigenvalue weighted by Gasteiger charge is 2.33. The number of hydrogen-bond donors (Lipinski definition) is 1. The van der Waals surface area contributed by atoms with Crippen molar-refractivity contribution in [3.63, 3.8) is 0 Å². The molecule has 0 aromatic heterocycles. The fourth-order valence-corrected chi connectivity index (χ4v) is 6.38. The summed E-state index contributed by atoms with van der Waals surface area (Å²) in [7, 11) is -1.62. The Morgan fingerprint density at radius 1 is 1.09 bits per heavy atom. The van der Waals surface area contributed by atoms with Gasteiger partial charge < -0.3 is 15.1 Å². The molecule has 2 aliphatic heterocycles. The second-order valence-electron chi connectivity index (χ2n) is 9.48. The minimum absolute atomic E-state index is 0.00823. The highest BCUT2D eigenvalue weighted by atomic mass is 32.2. The summed E-state index contributed by atoms with van der Waals surface area (Å²) in [5, 5.41) is 14.8. The van der Waals surface area contributed by atoms with E-state index in [0.29, 0.717) is 25.3 Å². The SMILES string of the molecule is C[C@@H]1C[C@@H](C)CN(S(=O)(=O)c2ccc(NCCCCN3CCN(C)CC3)c([N+](=O)[O-])c2)C1. The van der Waals surface area contributed by atoms with Gasteiger partial charge in [0.1, 0.15) is 5.69 Å². The molecule has 0 unspecified atom stereocenters. The van der Waals surface area contributed by atoms with Crippen molar-refractivity contribution >= 4 is 21.4 Å². The van der Waals surface area contributed by atoms with Gasteiger partial charge in [-0.15, -0.1) is 0 Å². The van der Waals surface area contributed by atoms with E-state index in [0.717, 1.165) is 52.0 Å². The molecule has 2 heterocycles. The summed E-state index contributed by atoms with van der Waals surface area (Å²) in [5.41, 5.74) is 0.178. The molecule has 0 saturated carbocycles. The molecule has 1 N–H and O–H groups in total. The number of benzene rings is 1. The van der Waals surface area contributed by atoms with Crippen LogP contribution in [0.1, 0.15) is 33.1 Å². The van der Waals surface area contributed by atoms with Crippen molar-refractivity contribution < 1.29 is 13.3 Å². The third kappa shape index (κ3) is 6.40. The molecule has 2 saturated heterocycles. The minimum Gasteiger partial charge on any atom is -0.379 e. The summed E-state index contributed by atoms with van der Waals surface area (Å²) in [6.07, 6.45) is 2.90. The number of anilines is 1. The standard InChI is InChI=1S/C22H37N5O4S/c1-18-14-19(2)17-26(16-18)32(30,31)20-6-7-21(22(15-20)27(28)29)23-8-4-5-9-25-12-10-24(3)11-13-25/h6-7,15,18-19,23H,4-5,8-14,16-17H2,1-3H3/t18-,19-/m1/s1. The van der Waals surface area contributed by atoms with E-state index in [1.54, 1.807) is 0 Å². The summed E-state index contributed by atoms with van der Waals surface area (Å²) >= 11 is 0. The maximum absolute atomic E-state index is 13.1. The van der Waals surface area contributed by atoms with Gasteiger partial charge in [0.15, 0.2) is 0 Å². The predicted molar refractivity (Wildman–Crippen MR) is 126 cm³/mol. The molecule has 9 nitrogen and oxygen atoms in total. The Kier molecular flexibility index (Phi) is 8.49. The van der Waals surface area contributed by atoms with Crippen LogP contribution in [0.2, 0.25) is 0 Å². The van der Waals surface area contributed by atoms with Gasteiger partial charge in [-0.1, -0.05) is 13.8 Å². The second kappa shape index (κ2) is 10.9. The largest absolute Gasteiger partial charge is 0.379 e. The quantitative estimate of drug-likeness (QED) is 0.339. The summed E-state index contributed by atoms with van der Waals surface area (Å²) in [6, 6.07) is 4.22. The lowest BCUT2D eigenvalue weighted by Crippen LogP contribution is -2.44. The maximum atomic E-state index is 13.1. The number of hydrogen-bond acceptors (Lipinski definition) is 7. The van der Waals surface area contributed by atoms with Gasteiger partial charge in [0.05, 0.1) is 9.82 Å². The Morgan fingerprint density at radius 2 is 1.75 bits per heavy atom. The van der Waals surface area contributed by atoms with Crippen molar-refractivity contribution in [1.29, 1.82) is 0 Å². The Bertz CT molecular complexity index is 876. The number of piperidine rings is 1. The van der Waals surface area contributed by atoms with Crippen LogP contribution in [0.5, 0.6) is 0 Å². The molecule has 32 heavy (non-hydrogen) atoms. The average molecular weight is 468 g/mol. The van der Waals surface area contributed by atoms with Crippen LogP contribution in [0.4, 0.5) is 11.4 Å². The van der Waals surface area contributed by atoms with Gasteiger partial charge in [0, 0.05) is 51.9 Å². The number of nitrogens with one attached hydrogen (secondary N) is 1. The lowest BCUT2D eigenvalue weighted by Gasteiger charge is -2.34. The van der Waals surface area contributed by atoms with Crippen molar-refractivity contribution in [2.45, 2.75) is 38.0 Å². The monoisotopic (exact) mass is 467 g/mol. The molecular weight excluding hydrogens is 430 g/mol. The second-order valence-corrected chi connectivity index (χ2v) is 11.4. The average Bonchev–Trinajstić information content (AvgIpc) is 2.74. The van der Waals surface area contributed by atoms with Crippen LogP contribution in [0.3, 0.4) is 0 Å². The van der Waals surface area contributed by atoms with E-state index in [1.807, 2.05) is 13.8 Å². The van der Waals surface area contributed by atoms with Crippen molar-refractivity contribution in [3.8, 4) is 0 Å². The van der Waals surface area contributed by atoms with Crippen molar-refractivity contribution in [2.75, 3.05) is 64.7 Å². The first-order chi connectivity index (χ1) is 15.2. The Balaban J connectivity index is 1.59. The number of nitro groups is 1. The highest BCUT2D eigenvalue weighted by Crippen LogP contribution is 2.31. The van der Waals surface area contributed by atoms with Gasteiger partial charge in [-0.25, -0.2) is 8.42 Å². The van der Waals surface area contributed by atoms with Crippen LogP contribution in [-0.2, 0) is 10.0 Å². The molecule has 0 spiro atoms. The fraction of sp³-hybridized carbons (Fsp3) is 0.727. The zero-order valence-corrected chi connectivity index (χ0v) is 20.3. The summed E-state index contributed by atoms with van der Waals surface area (Å²) in [4.78, 5) is 15.9. The van der Waals surface area contributed by atoms with Gasteiger partial charge in [-0.3, -0.25) is 10.1 Å². The van der Waals surface area contributed by atoms with E-state index < -0.39 is 14.9 Å². The van der Waals surface area contributed by atoms with E-state index in [1.165, 1.54) is 22.5 Å². The molecule has 0 radical (unpaired) electrons. The zero-order chi connectivity index (χ0) is 23.3. The van der Waals surface area contributed by atoms with Crippen LogP contribution in [0.25, 0.3) is 0 Å². The number of unbranched alkanes of at least 4 members (excludes halogenated alkanes) is 1. The highest BCUT2D eigenvalue weighted by molar-refractivity contribution is 7.89. The van der Waals surface area contributed by atoms with E-state index in [-0.39, 0.29) is 22.4 Å². The van der Waals surface area contributed by atoms with Crippen LogP contribution >= 0.6 is 0 Å². The molecule has 180 valence electrons. The van der Waals surface area contributed by atoms with Crippen LogP contribution in [0.15, 0.2) is 23.1 Å². The van der Waals surface area contributed by atoms with Crippen LogP contribution in [-0.4, -0.2) is 86.9 Å². The molecule has 0 amide bonds. The smallest absolute Gasteiger partial charge is 0.293 e. The Hall–Kier alpha value is -1.75. The molecule has 10 heteroatoms. The number of nitro benzene ring substituents is 1. The lowest BCUT2D eigenvalue weighted by atomic mass is 9.94. The topological polar surface area (TPSA) is 99.0 Å². The molecule has 2 fully saturated rings. The number of likely N-dealkylation sites (N-methyl/N-ethyl adjacent to an activating group) is 1. The van der Waals surface area contributed by atoms with Gasteiger partial charge in [0.2, 0.25) is 10.0 Å². The van der Waals surface area contributed by atoms with E-state index in [2.05, 4.69) is 22.2 Å². The molecule has 3 rings (SSSR count). The molecule has 2 atom stereocenters. The molecule has 1 aromatic rings. The number of sulfonamides is 1. The van der Waals surface area contributed by atoms with Crippen LogP contribution in [0, 0.1) is 22.0 Å². The summed E-state index contributed by atoms with van der Waals surface area (Å²) in [5.74, 6) is 0.547. The molecule has 0 bridgehead atoms. The Morgan fingerprint density at radius 3 is 2.38 bits per heavy atom. The minimum atomic E-state index is -3.75. The van der Waals surface area contributed by atoms with Gasteiger partial charge in [-0.2, -0.15) is 4.31 Å². The lowest BCUT2D eigenvalue weighted by molar-refractivity contribution is -0.384. The van der Waals surface area contributed by atoms with E-state index >= 15 is 0 Å². The predicted octanol–water partition coefficient (Wildman–Crippen LogP) is 2.70. The molecule has 0 aliphatic carbocycles. The first-order valence-corrected chi connectivity index (χ1v) is 13.0. The first-order valence-electron chi connectivity index (χ1n) is 11.6. The van der Waals surface area contributed by atoms with Crippen molar-refractivity contribution in [2.24, 2.45) is 11.8 Å². The summed E-state index contributed by atoms with van der Waals surface area (Å²) in [6.45, 7) is 11.0. The third-order valence-electron chi connectivity index (χ3n) is 6.45. The number of piperazine rings is 1. The number of rotatable bonds is 9. The fourth-order valence-electron chi connectivity index (χ4n) is 4.68. The maximum Gasteiger partial charge on any atom is 0.293 e. The van der Waals surface area contributed by atoms with Crippen molar-refractivity contribution in [3.05, 3.63) is 28.3 Å². The zero-order valence-electron chi connectivity index (χ0n) is 19.5. The van der Waals surface area contributed by atoms with Gasteiger partial charge in [0.25, 0.3) is 5.69 Å². The first kappa shape index (κ1) is 24.9. The van der Waals surface area contributed by atoms with Gasteiger partial charge in [-0.05, 0) is 56.8 Å². The number of nitrogens with zero attached hydrogens (tertiary/aromatic N) is 4. The van der Waals surface area contributed by atoms with Crippen LogP contribution < -0.4 is 5.32 Å². The third-order valence-corrected chi connectivity index (χ3v) is 8.28. The van der Waals surface area contributed by atoms with E-state index in [4.69, 9.17) is 0 Å².